The fourth-order valence-corrected chi connectivity index (χ4v) is 0.873. The van der Waals surface area contributed by atoms with Crippen LogP contribution in [0.2, 0.25) is 0 Å². The molecule has 0 saturated heterocycles. The number of phenolic OH excluding ortho intramolecular Hbond substituents is 1. The lowest BCUT2D eigenvalue weighted by atomic mass is 10.1. The molecule has 54 valence electrons. The number of aryl methyl sites for hydroxylation is 1. The molecule has 4 N–H and O–H groups in total. The average Bonchev–Trinajstić information content (AvgIpc) is 1.95. The molecular formula is C8H12NO+. The Morgan fingerprint density at radius 2 is 2.20 bits per heavy atom. The Morgan fingerprint density at radius 3 is 2.70 bits per heavy atom. The summed E-state index contributed by atoms with van der Waals surface area (Å²) in [6.07, 6.45) is 0. The van der Waals surface area contributed by atoms with Crippen LogP contribution in [0, 0.1) is 6.92 Å². The van der Waals surface area contributed by atoms with Crippen LogP contribution >= 0.6 is 0 Å². The smallest absolute Gasteiger partial charge is 0.118 e. The van der Waals surface area contributed by atoms with Gasteiger partial charge in [0.2, 0.25) is 0 Å². The molecule has 10 heavy (non-hydrogen) atoms. The first kappa shape index (κ1) is 7.09. The van der Waals surface area contributed by atoms with Crippen molar-refractivity contribution in [3.63, 3.8) is 0 Å². The predicted octanol–water partition coefficient (Wildman–Crippen LogP) is 0.443. The largest absolute Gasteiger partial charge is 0.508 e. The van der Waals surface area contributed by atoms with E-state index in [2.05, 4.69) is 5.73 Å². The van der Waals surface area contributed by atoms with Crippen LogP contribution in [0.1, 0.15) is 11.1 Å². The van der Waals surface area contributed by atoms with Crippen molar-refractivity contribution in [2.24, 2.45) is 0 Å². The van der Waals surface area contributed by atoms with Crippen LogP contribution in [0.15, 0.2) is 18.2 Å². The van der Waals surface area contributed by atoms with Crippen molar-refractivity contribution in [2.75, 3.05) is 0 Å². The van der Waals surface area contributed by atoms with Crippen molar-refractivity contribution >= 4 is 0 Å². The minimum Gasteiger partial charge on any atom is -0.508 e. The molecule has 0 spiro atoms. The van der Waals surface area contributed by atoms with E-state index in [1.807, 2.05) is 19.1 Å². The standard InChI is InChI=1S/C8H11NO/c1-6-4-7(5-9)2-3-8(6)10/h2-4,10H,5,9H2,1H3/p+1. The molecule has 0 atom stereocenters. The van der Waals surface area contributed by atoms with Gasteiger partial charge in [0.15, 0.2) is 0 Å². The normalized spacial score (nSPS) is 9.80. The number of benzene rings is 1. The van der Waals surface area contributed by atoms with E-state index in [4.69, 9.17) is 5.11 Å². The van der Waals surface area contributed by atoms with Gasteiger partial charge in [0.05, 0.1) is 6.54 Å². The topological polar surface area (TPSA) is 47.9 Å². The second kappa shape index (κ2) is 2.71. The van der Waals surface area contributed by atoms with Gasteiger partial charge in [0.25, 0.3) is 0 Å². The molecule has 0 fully saturated rings. The number of hydrogen-bond acceptors (Lipinski definition) is 1. The Labute approximate surface area is 60.3 Å². The molecule has 1 rings (SSSR count). The van der Waals surface area contributed by atoms with Gasteiger partial charge in [0, 0.05) is 5.56 Å². The molecule has 1 aromatic rings. The summed E-state index contributed by atoms with van der Waals surface area (Å²) in [6, 6.07) is 5.54. The van der Waals surface area contributed by atoms with E-state index in [1.165, 1.54) is 0 Å². The molecule has 0 heterocycles. The van der Waals surface area contributed by atoms with E-state index in [-0.39, 0.29) is 0 Å². The van der Waals surface area contributed by atoms with Crippen LogP contribution in [0.4, 0.5) is 0 Å². The number of quaternary nitrogens is 1. The summed E-state index contributed by atoms with van der Waals surface area (Å²) >= 11 is 0. The molecule has 0 aliphatic carbocycles. The van der Waals surface area contributed by atoms with Gasteiger partial charge in [0.1, 0.15) is 5.75 Å². The first-order valence-corrected chi connectivity index (χ1v) is 3.32. The van der Waals surface area contributed by atoms with Gasteiger partial charge in [-0.05, 0) is 30.7 Å². The Kier molecular flexibility index (Phi) is 1.92. The summed E-state index contributed by atoms with van der Waals surface area (Å²) in [7, 11) is 0. The fraction of sp³-hybridized carbons (Fsp3) is 0.250. The zero-order valence-corrected chi connectivity index (χ0v) is 6.09. The van der Waals surface area contributed by atoms with Crippen LogP contribution in [0.5, 0.6) is 5.75 Å². The van der Waals surface area contributed by atoms with Crippen molar-refractivity contribution in [2.45, 2.75) is 13.5 Å². The van der Waals surface area contributed by atoms with Crippen molar-refractivity contribution in [3.8, 4) is 5.75 Å². The lowest BCUT2D eigenvalue weighted by Crippen LogP contribution is -2.47. The highest BCUT2D eigenvalue weighted by Crippen LogP contribution is 2.15. The predicted molar refractivity (Wildman–Crippen MR) is 39.4 cm³/mol. The monoisotopic (exact) mass is 138 g/mol. The molecular weight excluding hydrogens is 126 g/mol. The SMILES string of the molecule is Cc1cc(C[NH3+])ccc1O. The highest BCUT2D eigenvalue weighted by Gasteiger charge is 1.95. The van der Waals surface area contributed by atoms with Crippen LogP contribution in [0.3, 0.4) is 0 Å². The second-order valence-corrected chi connectivity index (χ2v) is 2.37. The maximum atomic E-state index is 9.12. The summed E-state index contributed by atoms with van der Waals surface area (Å²) in [5, 5.41) is 9.12. The van der Waals surface area contributed by atoms with E-state index in [0.717, 1.165) is 17.7 Å². The molecule has 0 aliphatic rings. The van der Waals surface area contributed by atoms with Crippen LogP contribution in [0.25, 0.3) is 0 Å². The Balaban J connectivity index is 3.04. The molecule has 2 nitrogen and oxygen atoms in total. The summed E-state index contributed by atoms with van der Waals surface area (Å²) in [5.74, 6) is 0.359. The molecule has 0 radical (unpaired) electrons. The summed E-state index contributed by atoms with van der Waals surface area (Å²) in [6.45, 7) is 2.66. The lowest BCUT2D eigenvalue weighted by molar-refractivity contribution is -0.386. The van der Waals surface area contributed by atoms with E-state index >= 15 is 0 Å². The molecule has 2 heteroatoms. The molecule has 0 aliphatic heterocycles. The zero-order chi connectivity index (χ0) is 7.56. The Morgan fingerprint density at radius 1 is 1.50 bits per heavy atom. The van der Waals surface area contributed by atoms with Crippen LogP contribution < -0.4 is 5.73 Å². The molecule has 1 aromatic carbocycles. The van der Waals surface area contributed by atoms with Gasteiger partial charge in [-0.3, -0.25) is 0 Å². The molecule has 0 unspecified atom stereocenters. The Hall–Kier alpha value is -1.02. The van der Waals surface area contributed by atoms with Crippen molar-refractivity contribution in [3.05, 3.63) is 29.3 Å². The summed E-state index contributed by atoms with van der Waals surface area (Å²) in [4.78, 5) is 0. The maximum absolute atomic E-state index is 9.12. The average molecular weight is 138 g/mol. The van der Waals surface area contributed by atoms with Gasteiger partial charge in [-0.1, -0.05) is 0 Å². The van der Waals surface area contributed by atoms with E-state index in [1.54, 1.807) is 6.07 Å². The van der Waals surface area contributed by atoms with Gasteiger partial charge in [-0.15, -0.1) is 0 Å². The van der Waals surface area contributed by atoms with E-state index in [0.29, 0.717) is 5.75 Å². The molecule has 0 amide bonds. The third-order valence-corrected chi connectivity index (χ3v) is 1.55. The molecule has 0 aromatic heterocycles. The van der Waals surface area contributed by atoms with Gasteiger partial charge in [-0.25, -0.2) is 0 Å². The third-order valence-electron chi connectivity index (χ3n) is 1.55. The van der Waals surface area contributed by atoms with Gasteiger partial charge in [-0.2, -0.15) is 0 Å². The number of rotatable bonds is 1. The second-order valence-electron chi connectivity index (χ2n) is 2.37. The quantitative estimate of drug-likeness (QED) is 0.581. The van der Waals surface area contributed by atoms with E-state index < -0.39 is 0 Å². The number of hydrogen-bond donors (Lipinski definition) is 2. The fourth-order valence-electron chi connectivity index (χ4n) is 0.873. The first-order chi connectivity index (χ1) is 4.74. The van der Waals surface area contributed by atoms with Crippen molar-refractivity contribution in [1.82, 2.24) is 0 Å². The van der Waals surface area contributed by atoms with Crippen molar-refractivity contribution in [1.29, 1.82) is 0 Å². The highest BCUT2D eigenvalue weighted by atomic mass is 16.3. The minimum atomic E-state index is 0.359. The van der Waals surface area contributed by atoms with Crippen LogP contribution in [-0.2, 0) is 6.54 Å². The zero-order valence-electron chi connectivity index (χ0n) is 6.09. The highest BCUT2D eigenvalue weighted by molar-refractivity contribution is 5.34. The molecule has 0 saturated carbocycles. The molecule has 0 bridgehead atoms. The maximum Gasteiger partial charge on any atom is 0.118 e. The lowest BCUT2D eigenvalue weighted by Gasteiger charge is -1.98. The number of phenols is 1. The first-order valence-electron chi connectivity index (χ1n) is 3.32. The minimum absolute atomic E-state index is 0.359. The third kappa shape index (κ3) is 1.28. The summed E-state index contributed by atoms with van der Waals surface area (Å²) < 4.78 is 0. The van der Waals surface area contributed by atoms with Gasteiger partial charge >= 0.3 is 0 Å². The van der Waals surface area contributed by atoms with E-state index in [9.17, 15) is 0 Å². The number of aromatic hydroxyl groups is 1. The summed E-state index contributed by atoms with van der Waals surface area (Å²) in [5.41, 5.74) is 5.83. The van der Waals surface area contributed by atoms with Gasteiger partial charge < -0.3 is 10.8 Å². The van der Waals surface area contributed by atoms with Crippen LogP contribution in [-0.4, -0.2) is 5.11 Å². The van der Waals surface area contributed by atoms with Crippen molar-refractivity contribution < 1.29 is 10.8 Å². The Bertz CT molecular complexity index is 233.